The van der Waals surface area contributed by atoms with Gasteiger partial charge in [0, 0.05) is 23.8 Å². The van der Waals surface area contributed by atoms with Gasteiger partial charge < -0.3 is 9.47 Å². The van der Waals surface area contributed by atoms with E-state index in [1.807, 2.05) is 0 Å². The largest absolute Gasteiger partial charge is 0.454 e. The molecule has 0 fully saturated rings. The van der Waals surface area contributed by atoms with Crippen LogP contribution in [0.15, 0.2) is 18.2 Å². The number of hydrogen-bond donors (Lipinski definition) is 0. The lowest BCUT2D eigenvalue weighted by molar-refractivity contribution is 0.174. The fourth-order valence-electron chi connectivity index (χ4n) is 1.21. The van der Waals surface area contributed by atoms with Crippen molar-refractivity contribution in [2.75, 3.05) is 18.1 Å². The minimum Gasteiger partial charge on any atom is -0.454 e. The first-order chi connectivity index (χ1) is 6.98. The quantitative estimate of drug-likeness (QED) is 0.742. The third-order valence-electron chi connectivity index (χ3n) is 2.05. The number of anilines is 1. The summed E-state index contributed by atoms with van der Waals surface area (Å²) in [5.41, 5.74) is 0.425. The van der Waals surface area contributed by atoms with Gasteiger partial charge in [-0.1, -0.05) is 0 Å². The molecule has 1 aliphatic rings. The lowest BCUT2D eigenvalue weighted by atomic mass is 10.3. The van der Waals surface area contributed by atoms with Gasteiger partial charge in [0.1, 0.15) is 0 Å². The summed E-state index contributed by atoms with van der Waals surface area (Å²) in [6.07, 6.45) is 0. The maximum atomic E-state index is 11.1. The minimum absolute atomic E-state index is 0.149. The molecule has 0 saturated heterocycles. The average Bonchev–Trinajstić information content (AvgIpc) is 2.61. The van der Waals surface area contributed by atoms with Gasteiger partial charge in [-0.05, 0) is 12.1 Å². The Balaban J connectivity index is 2.39. The van der Waals surface area contributed by atoms with Crippen LogP contribution in [0.5, 0.6) is 11.5 Å². The topological polar surface area (TPSA) is 55.8 Å². The Labute approximate surface area is 91.7 Å². The molecule has 0 spiro atoms. The smallest absolute Gasteiger partial charge is 0.321 e. The van der Waals surface area contributed by atoms with Crippen LogP contribution in [0.2, 0.25) is 0 Å². The molecular formula is C8H8ClNO4S. The molecule has 2 rings (SSSR count). The molecular weight excluding hydrogens is 242 g/mol. The minimum atomic E-state index is -3.76. The van der Waals surface area contributed by atoms with E-state index in [1.54, 1.807) is 18.2 Å². The SMILES string of the molecule is CN(c1ccc2c(c1)OCO2)S(=O)(=O)Cl. The third kappa shape index (κ3) is 1.95. The normalized spacial score (nSPS) is 14.0. The van der Waals surface area contributed by atoms with E-state index < -0.39 is 9.24 Å². The van der Waals surface area contributed by atoms with E-state index in [4.69, 9.17) is 20.2 Å². The summed E-state index contributed by atoms with van der Waals surface area (Å²) >= 11 is 0. The van der Waals surface area contributed by atoms with Crippen molar-refractivity contribution in [2.24, 2.45) is 0 Å². The molecule has 0 amide bonds. The molecule has 82 valence electrons. The summed E-state index contributed by atoms with van der Waals surface area (Å²) in [5, 5.41) is 0. The zero-order chi connectivity index (χ0) is 11.1. The van der Waals surface area contributed by atoms with Gasteiger partial charge in [0.2, 0.25) is 6.79 Å². The number of benzene rings is 1. The van der Waals surface area contributed by atoms with Crippen LogP contribution in [0.1, 0.15) is 0 Å². The van der Waals surface area contributed by atoms with Gasteiger partial charge in [0.15, 0.2) is 11.5 Å². The van der Waals surface area contributed by atoms with Gasteiger partial charge in [-0.25, -0.2) is 0 Å². The van der Waals surface area contributed by atoms with E-state index in [9.17, 15) is 8.42 Å². The van der Waals surface area contributed by atoms with Crippen LogP contribution in [-0.2, 0) is 9.24 Å². The Morgan fingerprint density at radius 1 is 1.33 bits per heavy atom. The number of fused-ring (bicyclic) bond motifs is 1. The van der Waals surface area contributed by atoms with Crippen LogP contribution >= 0.6 is 10.7 Å². The second-order valence-electron chi connectivity index (χ2n) is 2.95. The fourth-order valence-corrected chi connectivity index (χ4v) is 1.81. The zero-order valence-corrected chi connectivity index (χ0v) is 9.38. The second kappa shape index (κ2) is 3.46. The number of hydrogen-bond acceptors (Lipinski definition) is 4. The van der Waals surface area contributed by atoms with Gasteiger partial charge >= 0.3 is 9.24 Å². The number of ether oxygens (including phenoxy) is 2. The van der Waals surface area contributed by atoms with Crippen LogP contribution in [-0.4, -0.2) is 22.3 Å². The first-order valence-corrected chi connectivity index (χ1v) is 6.33. The van der Waals surface area contributed by atoms with Gasteiger partial charge in [0.25, 0.3) is 0 Å². The van der Waals surface area contributed by atoms with Crippen molar-refractivity contribution >= 4 is 25.6 Å². The molecule has 1 aromatic rings. The number of halogens is 1. The summed E-state index contributed by atoms with van der Waals surface area (Å²) < 4.78 is 33.3. The molecule has 0 unspecified atom stereocenters. The van der Waals surface area contributed by atoms with Crippen molar-refractivity contribution < 1.29 is 17.9 Å². The lowest BCUT2D eigenvalue weighted by Gasteiger charge is -2.14. The molecule has 15 heavy (non-hydrogen) atoms. The molecule has 1 aromatic carbocycles. The third-order valence-corrected chi connectivity index (χ3v) is 3.53. The second-order valence-corrected chi connectivity index (χ2v) is 5.49. The van der Waals surface area contributed by atoms with E-state index in [0.29, 0.717) is 17.2 Å². The number of nitrogens with zero attached hydrogens (tertiary/aromatic N) is 1. The molecule has 1 aliphatic heterocycles. The monoisotopic (exact) mass is 249 g/mol. The highest BCUT2D eigenvalue weighted by Gasteiger charge is 2.19. The maximum absolute atomic E-state index is 11.1. The first-order valence-electron chi connectivity index (χ1n) is 4.06. The van der Waals surface area contributed by atoms with E-state index in [2.05, 4.69) is 0 Å². The Morgan fingerprint density at radius 3 is 2.67 bits per heavy atom. The Hall–Kier alpha value is -1.14. The standard InChI is InChI=1S/C8H8ClNO4S/c1-10(15(9,11)12)6-2-3-7-8(4-6)14-5-13-7/h2-4H,5H2,1H3. The van der Waals surface area contributed by atoms with Crippen LogP contribution in [0.25, 0.3) is 0 Å². The predicted molar refractivity (Wildman–Crippen MR) is 55.7 cm³/mol. The molecule has 1 heterocycles. The molecule has 0 radical (unpaired) electrons. The van der Waals surface area contributed by atoms with Gasteiger partial charge in [-0.3, -0.25) is 4.31 Å². The van der Waals surface area contributed by atoms with Crippen molar-refractivity contribution in [3.8, 4) is 11.5 Å². The molecule has 0 bridgehead atoms. The van der Waals surface area contributed by atoms with Crippen LogP contribution < -0.4 is 13.8 Å². The molecule has 0 atom stereocenters. The maximum Gasteiger partial charge on any atom is 0.321 e. The first kappa shape index (κ1) is 10.4. The highest BCUT2D eigenvalue weighted by atomic mass is 35.7. The van der Waals surface area contributed by atoms with Crippen LogP contribution in [0.3, 0.4) is 0 Å². The van der Waals surface area contributed by atoms with Crippen molar-refractivity contribution in [1.82, 2.24) is 0 Å². The average molecular weight is 250 g/mol. The fraction of sp³-hybridized carbons (Fsp3) is 0.250. The summed E-state index contributed by atoms with van der Waals surface area (Å²) in [4.78, 5) is 0. The van der Waals surface area contributed by atoms with Crippen LogP contribution in [0, 0.1) is 0 Å². The summed E-state index contributed by atoms with van der Waals surface area (Å²) in [5.74, 6) is 1.11. The molecule has 0 aliphatic carbocycles. The van der Waals surface area contributed by atoms with Gasteiger partial charge in [-0.15, -0.1) is 0 Å². The molecule has 0 N–H and O–H groups in total. The highest BCUT2D eigenvalue weighted by molar-refractivity contribution is 8.14. The van der Waals surface area contributed by atoms with Crippen molar-refractivity contribution in [3.05, 3.63) is 18.2 Å². The Morgan fingerprint density at radius 2 is 2.00 bits per heavy atom. The van der Waals surface area contributed by atoms with Gasteiger partial charge in [0.05, 0.1) is 5.69 Å². The lowest BCUT2D eigenvalue weighted by Crippen LogP contribution is -2.20. The van der Waals surface area contributed by atoms with Crippen molar-refractivity contribution in [3.63, 3.8) is 0 Å². The van der Waals surface area contributed by atoms with E-state index in [0.717, 1.165) is 4.31 Å². The van der Waals surface area contributed by atoms with Crippen LogP contribution in [0.4, 0.5) is 5.69 Å². The van der Waals surface area contributed by atoms with Gasteiger partial charge in [-0.2, -0.15) is 8.42 Å². The highest BCUT2D eigenvalue weighted by Crippen LogP contribution is 2.35. The Kier molecular flexibility index (Phi) is 2.40. The van der Waals surface area contributed by atoms with Crippen molar-refractivity contribution in [2.45, 2.75) is 0 Å². The number of rotatable bonds is 2. The van der Waals surface area contributed by atoms with E-state index >= 15 is 0 Å². The molecule has 0 saturated carbocycles. The Bertz CT molecular complexity index is 487. The van der Waals surface area contributed by atoms with E-state index in [1.165, 1.54) is 7.05 Å². The predicted octanol–water partition coefficient (Wildman–Crippen LogP) is 1.34. The summed E-state index contributed by atoms with van der Waals surface area (Å²) in [7, 11) is 2.79. The van der Waals surface area contributed by atoms with Crippen molar-refractivity contribution in [1.29, 1.82) is 0 Å². The van der Waals surface area contributed by atoms with E-state index in [-0.39, 0.29) is 6.79 Å². The molecule has 5 nitrogen and oxygen atoms in total. The molecule has 0 aromatic heterocycles. The molecule has 7 heteroatoms. The summed E-state index contributed by atoms with van der Waals surface area (Å²) in [6.45, 7) is 0.149. The summed E-state index contributed by atoms with van der Waals surface area (Å²) in [6, 6.07) is 4.78. The zero-order valence-electron chi connectivity index (χ0n) is 7.81.